The maximum atomic E-state index is 16.7. The number of amides is 4. The third kappa shape index (κ3) is 8.47. The van der Waals surface area contributed by atoms with Gasteiger partial charge in [0, 0.05) is 94.6 Å². The Hall–Kier alpha value is -6.29. The monoisotopic (exact) mass is 870 g/mol. The highest BCUT2D eigenvalue weighted by Crippen LogP contribution is 2.43. The fourth-order valence-electron chi connectivity index (χ4n) is 8.62. The highest BCUT2D eigenvalue weighted by molar-refractivity contribution is 6.34. The molecule has 3 aliphatic rings. The van der Waals surface area contributed by atoms with Crippen LogP contribution < -0.4 is 20.3 Å². The number of methoxy groups -OCH3 is 1. The number of anilines is 2. The molecular weight excluding hydrogens is 825 g/mol. The molecule has 5 heterocycles. The summed E-state index contributed by atoms with van der Waals surface area (Å²) in [7, 11) is 4.63. The number of hydrogen-bond acceptors (Lipinski definition) is 8. The molecule has 0 bridgehead atoms. The molecule has 0 aliphatic carbocycles. The number of benzene rings is 3. The molecule has 3 N–H and O–H groups in total. The van der Waals surface area contributed by atoms with Gasteiger partial charge in [0.05, 0.1) is 29.0 Å². The molecule has 62 heavy (non-hydrogen) atoms. The van der Waals surface area contributed by atoms with Crippen molar-refractivity contribution in [3.8, 4) is 16.9 Å². The van der Waals surface area contributed by atoms with E-state index in [9.17, 15) is 19.2 Å². The molecule has 2 saturated heterocycles. The Kier molecular flexibility index (Phi) is 12.0. The molecule has 2 fully saturated rings. The molecule has 5 aromatic rings. The number of imide groups is 1. The number of carbonyl (C=O) groups excluding carboxylic acids is 4. The van der Waals surface area contributed by atoms with E-state index in [1.807, 2.05) is 11.0 Å². The number of fused-ring (bicyclic) bond motifs is 1. The average Bonchev–Trinajstić information content (AvgIpc) is 3.96. The number of hydrogen-bond donors (Lipinski definition) is 3. The molecular formula is C45H46ClF3N8O5. The lowest BCUT2D eigenvalue weighted by Gasteiger charge is -2.34. The van der Waals surface area contributed by atoms with E-state index in [4.69, 9.17) is 16.3 Å². The first kappa shape index (κ1) is 42.4. The third-order valence-electron chi connectivity index (χ3n) is 11.9. The van der Waals surface area contributed by atoms with Crippen LogP contribution in [-0.2, 0) is 20.9 Å². The van der Waals surface area contributed by atoms with Gasteiger partial charge >= 0.3 is 0 Å². The zero-order chi connectivity index (χ0) is 43.8. The van der Waals surface area contributed by atoms with Crippen LogP contribution in [0.5, 0.6) is 5.75 Å². The van der Waals surface area contributed by atoms with Crippen LogP contribution in [0.4, 0.5) is 24.5 Å². The van der Waals surface area contributed by atoms with Gasteiger partial charge in [-0.15, -0.1) is 0 Å². The van der Waals surface area contributed by atoms with Gasteiger partial charge in [0.2, 0.25) is 17.7 Å². The molecule has 2 aromatic heterocycles. The Morgan fingerprint density at radius 2 is 1.77 bits per heavy atom. The quantitative estimate of drug-likeness (QED) is 0.119. The molecule has 0 spiro atoms. The van der Waals surface area contributed by atoms with Gasteiger partial charge in [-0.25, -0.2) is 13.2 Å². The van der Waals surface area contributed by atoms with E-state index in [2.05, 4.69) is 20.7 Å². The number of aryl methyl sites for hydroxylation is 1. The molecule has 4 amide bonds. The topological polar surface area (TPSA) is 145 Å². The summed E-state index contributed by atoms with van der Waals surface area (Å²) < 4.78 is 56.0. The number of rotatable bonds is 11. The Morgan fingerprint density at radius 3 is 2.48 bits per heavy atom. The lowest BCUT2D eigenvalue weighted by atomic mass is 9.88. The van der Waals surface area contributed by atoms with Gasteiger partial charge < -0.3 is 29.7 Å². The van der Waals surface area contributed by atoms with E-state index in [0.29, 0.717) is 84.5 Å². The Morgan fingerprint density at radius 1 is 0.984 bits per heavy atom. The van der Waals surface area contributed by atoms with Crippen molar-refractivity contribution in [2.75, 3.05) is 57.6 Å². The largest absolute Gasteiger partial charge is 0.495 e. The summed E-state index contributed by atoms with van der Waals surface area (Å²) in [5.41, 5.74) is 2.66. The van der Waals surface area contributed by atoms with Crippen molar-refractivity contribution in [1.29, 1.82) is 0 Å². The third-order valence-corrected chi connectivity index (χ3v) is 12.3. The fraction of sp³-hybridized carbons (Fsp3) is 0.356. The second kappa shape index (κ2) is 17.6. The van der Waals surface area contributed by atoms with E-state index in [0.717, 1.165) is 0 Å². The number of halogens is 4. The molecule has 1 unspecified atom stereocenters. The normalized spacial score (nSPS) is 17.3. The highest BCUT2D eigenvalue weighted by atomic mass is 35.5. The number of carbonyl (C=O) groups is 4. The van der Waals surface area contributed by atoms with E-state index in [1.54, 1.807) is 66.4 Å². The molecule has 0 saturated carbocycles. The van der Waals surface area contributed by atoms with Gasteiger partial charge in [-0.05, 0) is 84.7 Å². The van der Waals surface area contributed by atoms with Gasteiger partial charge in [-0.1, -0.05) is 17.7 Å². The van der Waals surface area contributed by atoms with Crippen molar-refractivity contribution in [3.63, 3.8) is 0 Å². The summed E-state index contributed by atoms with van der Waals surface area (Å²) in [6.45, 7) is 1.81. The van der Waals surface area contributed by atoms with Gasteiger partial charge in [-0.3, -0.25) is 29.2 Å². The van der Waals surface area contributed by atoms with Crippen molar-refractivity contribution in [1.82, 2.24) is 29.9 Å². The number of ether oxygens (including phenoxy) is 1. The predicted octanol–water partition coefficient (Wildman–Crippen LogP) is 7.12. The minimum absolute atomic E-state index is 0.0528. The smallest absolute Gasteiger partial charge is 0.269 e. The Balaban J connectivity index is 1.04. The summed E-state index contributed by atoms with van der Waals surface area (Å²) >= 11 is 7.02. The van der Waals surface area contributed by atoms with Crippen LogP contribution in [0.2, 0.25) is 5.02 Å². The molecule has 8 rings (SSSR count). The minimum atomic E-state index is -0.714. The van der Waals surface area contributed by atoms with Crippen LogP contribution in [0, 0.1) is 17.5 Å². The van der Waals surface area contributed by atoms with Crippen molar-refractivity contribution in [3.05, 3.63) is 100 Å². The van der Waals surface area contributed by atoms with E-state index < -0.39 is 29.4 Å². The number of nitrogens with one attached hydrogen (secondary N) is 3. The van der Waals surface area contributed by atoms with Gasteiger partial charge in [0.15, 0.2) is 5.82 Å². The van der Waals surface area contributed by atoms with E-state index in [1.165, 1.54) is 24.1 Å². The fourth-order valence-corrected chi connectivity index (χ4v) is 8.88. The zero-order valence-corrected chi connectivity index (χ0v) is 35.3. The SMILES string of the molecule is COc1cc(C2CCN(c3cc(Cl)c(-c4cc(C5=CCCN(C(=O)CCn6cccn6)C5)c(F)c5[nH]c(C(=O)N(C)C)cc45)cc3F)CC2)c(F)cc1NC1CCC(=O)NC1=O. The maximum absolute atomic E-state index is 16.7. The van der Waals surface area contributed by atoms with Crippen LogP contribution in [0.3, 0.4) is 0 Å². The number of H-pyrrole nitrogens is 1. The summed E-state index contributed by atoms with van der Waals surface area (Å²) in [6.07, 6.45) is 7.46. The van der Waals surface area contributed by atoms with Crippen LogP contribution in [-0.4, -0.2) is 102 Å². The molecule has 0 radical (unpaired) electrons. The van der Waals surface area contributed by atoms with E-state index >= 15 is 13.2 Å². The lowest BCUT2D eigenvalue weighted by molar-refractivity contribution is -0.134. The molecule has 13 nitrogen and oxygen atoms in total. The van der Waals surface area contributed by atoms with Gasteiger partial charge in [-0.2, -0.15) is 5.10 Å². The average molecular weight is 871 g/mol. The lowest BCUT2D eigenvalue weighted by Crippen LogP contribution is -2.47. The minimum Gasteiger partial charge on any atom is -0.495 e. The molecule has 3 aromatic carbocycles. The molecule has 17 heteroatoms. The number of piperidine rings is 2. The number of aromatic nitrogens is 3. The van der Waals surface area contributed by atoms with Gasteiger partial charge in [0.25, 0.3) is 5.91 Å². The Labute approximate surface area is 360 Å². The second-order valence-electron chi connectivity index (χ2n) is 16.1. The number of nitrogens with zero attached hydrogens (tertiary/aromatic N) is 5. The van der Waals surface area contributed by atoms with Crippen molar-refractivity contribution in [2.24, 2.45) is 0 Å². The molecule has 1 atom stereocenters. The highest BCUT2D eigenvalue weighted by Gasteiger charge is 2.31. The van der Waals surface area contributed by atoms with Crippen molar-refractivity contribution < 1.29 is 37.1 Å². The van der Waals surface area contributed by atoms with Crippen LogP contribution >= 0.6 is 11.6 Å². The van der Waals surface area contributed by atoms with Crippen LogP contribution in [0.1, 0.15) is 66.1 Å². The predicted molar refractivity (Wildman–Crippen MR) is 230 cm³/mol. The molecule has 324 valence electrons. The van der Waals surface area contributed by atoms with Crippen LogP contribution in [0.25, 0.3) is 27.6 Å². The molecule has 3 aliphatic heterocycles. The summed E-state index contributed by atoms with van der Waals surface area (Å²) in [6, 6.07) is 10.0. The van der Waals surface area contributed by atoms with E-state index in [-0.39, 0.29) is 76.9 Å². The van der Waals surface area contributed by atoms with Crippen molar-refractivity contribution >= 4 is 63.1 Å². The van der Waals surface area contributed by atoms with Gasteiger partial charge in [0.1, 0.15) is 29.1 Å². The zero-order valence-electron chi connectivity index (χ0n) is 34.5. The standard InChI is InChI=1S/C45H46ClF3N8O5/c1-54(2)45(61)37-20-31-29(18-28(42(49)43(31)52-37)26-6-4-13-56(24-26)41(59)11-17-57-14-5-12-50-57)30-19-34(48)38(22-32(30)46)55-15-9-25(10-16-55)27-21-39(62-3)36(23-33(27)47)51-35-7-8-40(58)53-44(35)60/h5-6,12,14,18-23,25,35,51-52H,4,7-11,13,15-17,24H2,1-3H3,(H,53,58,60). The first-order chi connectivity index (χ1) is 29.8. The first-order valence-corrected chi connectivity index (χ1v) is 20.9. The summed E-state index contributed by atoms with van der Waals surface area (Å²) in [5.74, 6) is -2.82. The Bertz CT molecular complexity index is 2600. The summed E-state index contributed by atoms with van der Waals surface area (Å²) in [5, 5.41) is 10.0. The maximum Gasteiger partial charge on any atom is 0.269 e. The second-order valence-corrected chi connectivity index (χ2v) is 16.5. The van der Waals surface area contributed by atoms with Crippen LogP contribution in [0.15, 0.2) is 60.9 Å². The first-order valence-electron chi connectivity index (χ1n) is 20.5. The van der Waals surface area contributed by atoms with Crippen molar-refractivity contribution in [2.45, 2.75) is 57.0 Å². The number of aromatic amines is 1. The summed E-state index contributed by atoms with van der Waals surface area (Å²) in [4.78, 5) is 58.2.